The molecule has 0 amide bonds. The van der Waals surface area contributed by atoms with Gasteiger partial charge in [0.15, 0.2) is 0 Å². The lowest BCUT2D eigenvalue weighted by molar-refractivity contribution is -0.147. The molecule has 0 saturated carbocycles. The predicted octanol–water partition coefficient (Wildman–Crippen LogP) is 6.18. The first-order chi connectivity index (χ1) is 13.0. The van der Waals surface area contributed by atoms with Crippen molar-refractivity contribution in [3.63, 3.8) is 0 Å². The van der Waals surface area contributed by atoms with Crippen LogP contribution >= 0.6 is 19.1 Å². The predicted molar refractivity (Wildman–Crippen MR) is 114 cm³/mol. The third-order valence-electron chi connectivity index (χ3n) is 4.29. The molecular formula is C21H29O4PS. The molecule has 0 saturated heterocycles. The molecule has 0 aliphatic rings. The Hall–Kier alpha value is -1.29. The average Bonchev–Trinajstić information content (AvgIpc) is 2.66. The Kier molecular flexibility index (Phi) is 8.88. The number of hydrogen-bond acceptors (Lipinski definition) is 5. The van der Waals surface area contributed by atoms with E-state index >= 15 is 0 Å². The fourth-order valence-corrected chi connectivity index (χ4v) is 7.25. The zero-order valence-corrected chi connectivity index (χ0v) is 18.1. The molecule has 0 aliphatic heterocycles. The fourth-order valence-electron chi connectivity index (χ4n) is 3.10. The minimum atomic E-state index is -2.96. The molecule has 0 radical (unpaired) electrons. The van der Waals surface area contributed by atoms with E-state index in [1.165, 1.54) is 0 Å². The minimum Gasteiger partial charge on any atom is -0.466 e. The van der Waals surface area contributed by atoms with Crippen molar-refractivity contribution in [2.24, 2.45) is 5.92 Å². The Bertz CT molecular complexity index is 787. The van der Waals surface area contributed by atoms with E-state index < -0.39 is 7.37 Å². The maximum absolute atomic E-state index is 13.5. The highest BCUT2D eigenvalue weighted by Gasteiger charge is 2.32. The highest BCUT2D eigenvalue weighted by atomic mass is 32.2. The fraction of sp³-hybridized carbons (Fsp3) is 0.476. The van der Waals surface area contributed by atoms with E-state index in [0.29, 0.717) is 25.1 Å². The Morgan fingerprint density at radius 3 is 2.52 bits per heavy atom. The topological polar surface area (TPSA) is 52.6 Å². The number of esters is 1. The minimum absolute atomic E-state index is 0.241. The zero-order valence-electron chi connectivity index (χ0n) is 16.3. The Morgan fingerprint density at radius 2 is 1.81 bits per heavy atom. The molecule has 0 N–H and O–H groups in total. The summed E-state index contributed by atoms with van der Waals surface area (Å²) in [6, 6.07) is 14.3. The van der Waals surface area contributed by atoms with E-state index in [-0.39, 0.29) is 18.0 Å². The van der Waals surface area contributed by atoms with Crippen LogP contribution in [0.15, 0.2) is 47.4 Å². The van der Waals surface area contributed by atoms with E-state index in [4.69, 9.17) is 9.26 Å². The summed E-state index contributed by atoms with van der Waals surface area (Å²) in [5.74, 6) is -0.644. The quantitative estimate of drug-likeness (QED) is 0.252. The van der Waals surface area contributed by atoms with Crippen molar-refractivity contribution in [3.8, 4) is 0 Å². The summed E-state index contributed by atoms with van der Waals surface area (Å²) in [6.45, 7) is 6.36. The number of benzene rings is 2. The summed E-state index contributed by atoms with van der Waals surface area (Å²) < 4.78 is 24.3. The Morgan fingerprint density at radius 1 is 1.07 bits per heavy atom. The highest BCUT2D eigenvalue weighted by molar-refractivity contribution is 8.05. The summed E-state index contributed by atoms with van der Waals surface area (Å²) in [5, 5.41) is 2.30. The molecule has 0 fully saturated rings. The van der Waals surface area contributed by atoms with E-state index in [2.05, 4.69) is 18.2 Å². The molecule has 2 atom stereocenters. The number of fused-ring (bicyclic) bond motifs is 1. The van der Waals surface area contributed by atoms with Crippen LogP contribution in [0.3, 0.4) is 0 Å². The van der Waals surface area contributed by atoms with Gasteiger partial charge in [-0.25, -0.2) is 0 Å². The zero-order chi connectivity index (χ0) is 19.7. The molecule has 0 heterocycles. The van der Waals surface area contributed by atoms with Crippen molar-refractivity contribution in [2.45, 2.75) is 38.5 Å². The summed E-state index contributed by atoms with van der Waals surface area (Å²) >= 11 is 1.54. The number of rotatable bonds is 11. The lowest BCUT2D eigenvalue weighted by atomic mass is 10.1. The van der Waals surface area contributed by atoms with Crippen LogP contribution in [0, 0.1) is 5.92 Å². The SMILES string of the molecule is CCCC(CP(=O)(CSc1cccc2ccccc12)OCC)C(=O)OCC. The summed E-state index contributed by atoms with van der Waals surface area (Å²) in [7, 11) is -2.96. The van der Waals surface area contributed by atoms with Crippen molar-refractivity contribution in [3.05, 3.63) is 42.5 Å². The largest absolute Gasteiger partial charge is 0.466 e. The van der Waals surface area contributed by atoms with E-state index in [1.54, 1.807) is 18.7 Å². The van der Waals surface area contributed by atoms with Crippen LogP contribution in [0.2, 0.25) is 0 Å². The molecule has 2 aromatic rings. The summed E-state index contributed by atoms with van der Waals surface area (Å²) in [4.78, 5) is 13.3. The van der Waals surface area contributed by atoms with Gasteiger partial charge in [0.05, 0.1) is 24.6 Å². The maximum atomic E-state index is 13.5. The van der Waals surface area contributed by atoms with Gasteiger partial charge in [0.25, 0.3) is 0 Å². The molecule has 0 bridgehead atoms. The van der Waals surface area contributed by atoms with Gasteiger partial charge < -0.3 is 9.26 Å². The van der Waals surface area contributed by atoms with E-state index in [1.807, 2.05) is 38.1 Å². The first-order valence-electron chi connectivity index (χ1n) is 9.52. The highest BCUT2D eigenvalue weighted by Crippen LogP contribution is 2.53. The first kappa shape index (κ1) is 22.0. The Balaban J connectivity index is 2.16. The standard InChI is InChI=1S/C21H29O4PS/c1-4-10-18(21(22)24-5-2)15-26(23,25-6-3)16-27-20-14-9-12-17-11-7-8-13-19(17)20/h7-9,11-14,18H,4-6,10,15-16H2,1-3H3. The smallest absolute Gasteiger partial charge is 0.309 e. The van der Waals surface area contributed by atoms with Gasteiger partial charge >= 0.3 is 5.97 Å². The van der Waals surface area contributed by atoms with E-state index in [0.717, 1.165) is 22.1 Å². The van der Waals surface area contributed by atoms with Gasteiger partial charge in [0, 0.05) is 11.1 Å². The van der Waals surface area contributed by atoms with Crippen molar-refractivity contribution < 1.29 is 18.6 Å². The van der Waals surface area contributed by atoms with Gasteiger partial charge in [0.2, 0.25) is 7.37 Å². The van der Waals surface area contributed by atoms with Crippen LogP contribution in [-0.4, -0.2) is 30.8 Å². The molecule has 0 aromatic heterocycles. The van der Waals surface area contributed by atoms with Gasteiger partial charge in [-0.3, -0.25) is 9.36 Å². The van der Waals surface area contributed by atoms with Crippen LogP contribution in [-0.2, 0) is 18.6 Å². The monoisotopic (exact) mass is 408 g/mol. The van der Waals surface area contributed by atoms with Crippen molar-refractivity contribution in [1.29, 1.82) is 0 Å². The van der Waals surface area contributed by atoms with Crippen LogP contribution in [0.1, 0.15) is 33.6 Å². The number of carbonyl (C=O) groups excluding carboxylic acids is 1. The van der Waals surface area contributed by atoms with Gasteiger partial charge in [0.1, 0.15) is 0 Å². The van der Waals surface area contributed by atoms with E-state index in [9.17, 15) is 9.36 Å². The second-order valence-corrected chi connectivity index (χ2v) is 10.4. The second kappa shape index (κ2) is 10.9. The molecule has 6 heteroatoms. The summed E-state index contributed by atoms with van der Waals surface area (Å²) in [6.07, 6.45) is 1.74. The van der Waals surface area contributed by atoms with Crippen LogP contribution in [0.5, 0.6) is 0 Å². The average molecular weight is 409 g/mol. The van der Waals surface area contributed by atoms with Gasteiger partial charge in [-0.05, 0) is 37.1 Å². The lowest BCUT2D eigenvalue weighted by Gasteiger charge is -2.22. The number of thioether (sulfide) groups is 1. The normalized spacial score (nSPS) is 14.6. The molecule has 27 heavy (non-hydrogen) atoms. The number of hydrogen-bond donors (Lipinski definition) is 0. The van der Waals surface area contributed by atoms with Gasteiger partial charge in [-0.15, -0.1) is 11.8 Å². The third kappa shape index (κ3) is 6.38. The van der Waals surface area contributed by atoms with Crippen molar-refractivity contribution in [1.82, 2.24) is 0 Å². The molecule has 2 rings (SSSR count). The van der Waals surface area contributed by atoms with Crippen molar-refractivity contribution in [2.75, 3.05) is 24.9 Å². The van der Waals surface area contributed by atoms with Gasteiger partial charge in [-0.2, -0.15) is 0 Å². The second-order valence-electron chi connectivity index (χ2n) is 6.40. The van der Waals surface area contributed by atoms with Crippen LogP contribution in [0.25, 0.3) is 10.8 Å². The molecule has 0 aliphatic carbocycles. The molecule has 0 spiro atoms. The van der Waals surface area contributed by atoms with Crippen LogP contribution in [0.4, 0.5) is 0 Å². The first-order valence-corrected chi connectivity index (χ1v) is 12.5. The number of ether oxygens (including phenoxy) is 1. The molecule has 4 nitrogen and oxygen atoms in total. The lowest BCUT2D eigenvalue weighted by Crippen LogP contribution is -2.22. The molecular weight excluding hydrogens is 379 g/mol. The molecule has 2 unspecified atom stereocenters. The molecule has 2 aromatic carbocycles. The molecule has 148 valence electrons. The Labute approximate surface area is 166 Å². The van der Waals surface area contributed by atoms with Gasteiger partial charge in [-0.1, -0.05) is 49.7 Å². The third-order valence-corrected chi connectivity index (χ3v) is 8.77. The van der Waals surface area contributed by atoms with Crippen LogP contribution < -0.4 is 0 Å². The van der Waals surface area contributed by atoms with Crippen molar-refractivity contribution >= 4 is 35.9 Å². The maximum Gasteiger partial charge on any atom is 0.309 e. The number of carbonyl (C=O) groups is 1. The summed E-state index contributed by atoms with van der Waals surface area (Å²) in [5.41, 5.74) is 0.356.